The van der Waals surface area contributed by atoms with E-state index in [1.807, 2.05) is 0 Å². The van der Waals surface area contributed by atoms with Crippen LogP contribution in [-0.4, -0.2) is 35.4 Å². The van der Waals surface area contributed by atoms with E-state index in [9.17, 15) is 48.3 Å². The highest BCUT2D eigenvalue weighted by Gasteiger charge is 2.36. The second kappa shape index (κ2) is 12.1. The maximum absolute atomic E-state index is 13.8. The highest BCUT2D eigenvalue weighted by molar-refractivity contribution is 7.90. The van der Waals surface area contributed by atoms with Crippen molar-refractivity contribution in [2.24, 2.45) is 0 Å². The molecule has 7 nitrogen and oxygen atoms in total. The van der Waals surface area contributed by atoms with Gasteiger partial charge in [-0.3, -0.25) is 14.8 Å². The number of hydrogen-bond donors (Lipinski definition) is 1. The van der Waals surface area contributed by atoms with Gasteiger partial charge >= 0.3 is 12.4 Å². The number of carbonyl (C=O) groups is 1. The van der Waals surface area contributed by atoms with Crippen LogP contribution >= 0.6 is 0 Å². The topological polar surface area (TPSA) is 92.3 Å². The Kier molecular flexibility index (Phi) is 8.63. The third-order valence-electron chi connectivity index (χ3n) is 7.27. The molecule has 4 heterocycles. The fourth-order valence-electron chi connectivity index (χ4n) is 4.93. The number of nitrogens with one attached hydrogen (secondary N) is 1. The summed E-state index contributed by atoms with van der Waals surface area (Å²) in [6.07, 6.45) is -5.69. The smallest absolute Gasteiger partial charge is 0.330 e. The predicted octanol–water partition coefficient (Wildman–Crippen LogP) is 6.31. The first-order valence-corrected chi connectivity index (χ1v) is 15.2. The summed E-state index contributed by atoms with van der Waals surface area (Å²) in [5, 5.41) is 2.96. The van der Waals surface area contributed by atoms with Crippen LogP contribution < -0.4 is 5.32 Å². The summed E-state index contributed by atoms with van der Waals surface area (Å²) in [6.45, 7) is 0.918. The van der Waals surface area contributed by atoms with E-state index in [2.05, 4.69) is 15.3 Å². The van der Waals surface area contributed by atoms with Crippen molar-refractivity contribution >= 4 is 15.7 Å². The lowest BCUT2D eigenvalue weighted by atomic mass is 9.98. The van der Waals surface area contributed by atoms with E-state index in [1.165, 1.54) is 29.3 Å². The van der Waals surface area contributed by atoms with E-state index in [0.717, 1.165) is 48.3 Å². The van der Waals surface area contributed by atoms with Crippen molar-refractivity contribution in [3.63, 3.8) is 0 Å². The molecule has 2 aliphatic rings. The van der Waals surface area contributed by atoms with E-state index in [1.54, 1.807) is 0 Å². The second-order valence-electron chi connectivity index (χ2n) is 10.5. The van der Waals surface area contributed by atoms with E-state index in [-0.39, 0.29) is 40.2 Å². The van der Waals surface area contributed by atoms with Crippen LogP contribution in [0.4, 0.5) is 35.1 Å². The number of benzene rings is 2. The first-order chi connectivity index (χ1) is 21.4. The van der Waals surface area contributed by atoms with Gasteiger partial charge in [0.15, 0.2) is 21.5 Å². The number of fused-ring (bicyclic) bond motifs is 2. The number of nitrogens with zero attached hydrogens (tertiary/aromatic N) is 3. The zero-order valence-corrected chi connectivity index (χ0v) is 24.4. The summed E-state index contributed by atoms with van der Waals surface area (Å²) in [5.41, 5.74) is 0.513. The molecule has 242 valence electrons. The van der Waals surface area contributed by atoms with Crippen molar-refractivity contribution in [2.75, 3.05) is 6.26 Å². The van der Waals surface area contributed by atoms with Crippen molar-refractivity contribution in [1.29, 1.82) is 0 Å². The summed E-state index contributed by atoms with van der Waals surface area (Å²) >= 11 is 0. The van der Waals surface area contributed by atoms with Crippen LogP contribution in [0.3, 0.4) is 0 Å². The van der Waals surface area contributed by atoms with Gasteiger partial charge in [0, 0.05) is 50.4 Å². The normalized spacial score (nSPS) is 14.4. The highest BCUT2D eigenvalue weighted by Crippen LogP contribution is 2.34. The third kappa shape index (κ3) is 7.02. The van der Waals surface area contributed by atoms with Gasteiger partial charge in [-0.25, -0.2) is 17.2 Å². The Morgan fingerprint density at radius 3 is 1.96 bits per heavy atom. The molecule has 0 bridgehead atoms. The molecule has 0 fully saturated rings. The Bertz CT molecular complexity index is 1950. The van der Waals surface area contributed by atoms with Crippen molar-refractivity contribution in [1.82, 2.24) is 20.2 Å². The quantitative estimate of drug-likeness (QED) is 0.257. The van der Waals surface area contributed by atoms with Gasteiger partial charge < -0.3 is 10.2 Å². The van der Waals surface area contributed by atoms with Gasteiger partial charge in [-0.1, -0.05) is 12.1 Å². The Morgan fingerprint density at radius 2 is 1.35 bits per heavy atom. The number of sulfone groups is 1. The molecule has 46 heavy (non-hydrogen) atoms. The summed E-state index contributed by atoms with van der Waals surface area (Å²) in [7, 11) is -3.71. The van der Waals surface area contributed by atoms with E-state index < -0.39 is 51.1 Å². The molecular formula is C30H22F8N4O3S. The van der Waals surface area contributed by atoms with Gasteiger partial charge in [-0.15, -0.1) is 0 Å². The van der Waals surface area contributed by atoms with Crippen LogP contribution in [0.15, 0.2) is 65.8 Å². The molecule has 1 N–H and O–H groups in total. The fraction of sp³-hybridized carbons (Fsp3) is 0.233. The van der Waals surface area contributed by atoms with Gasteiger partial charge in [0.2, 0.25) is 0 Å². The number of pyridine rings is 2. The summed E-state index contributed by atoms with van der Waals surface area (Å²) < 4.78 is 127. The van der Waals surface area contributed by atoms with Crippen LogP contribution in [-0.2, 0) is 48.4 Å². The zero-order chi connectivity index (χ0) is 33.6. The van der Waals surface area contributed by atoms with E-state index in [0.29, 0.717) is 24.2 Å². The van der Waals surface area contributed by atoms with Crippen molar-refractivity contribution in [3.05, 3.63) is 112 Å². The minimum atomic E-state index is -4.64. The molecule has 6 rings (SSSR count). The van der Waals surface area contributed by atoms with Crippen LogP contribution in [0.25, 0.3) is 11.1 Å². The maximum Gasteiger partial charge on any atom is 0.433 e. The average molecular weight is 671 g/mol. The number of alkyl halides is 6. The zero-order valence-electron chi connectivity index (χ0n) is 23.6. The van der Waals surface area contributed by atoms with Crippen LogP contribution in [0.2, 0.25) is 0 Å². The van der Waals surface area contributed by atoms with Crippen molar-refractivity contribution < 1.29 is 48.3 Å². The fourth-order valence-corrected chi connectivity index (χ4v) is 5.58. The van der Waals surface area contributed by atoms with Gasteiger partial charge in [-0.05, 0) is 69.8 Å². The largest absolute Gasteiger partial charge is 0.433 e. The average Bonchev–Trinajstić information content (AvgIpc) is 3.63. The molecule has 2 aromatic heterocycles. The van der Waals surface area contributed by atoms with Crippen LogP contribution in [0.5, 0.6) is 0 Å². The first-order valence-electron chi connectivity index (χ1n) is 13.3. The van der Waals surface area contributed by atoms with E-state index in [4.69, 9.17) is 0 Å². The molecule has 0 atom stereocenters. The molecule has 0 aliphatic carbocycles. The summed E-state index contributed by atoms with van der Waals surface area (Å²) in [6, 6.07) is 8.63. The van der Waals surface area contributed by atoms with Gasteiger partial charge in [-0.2, -0.15) is 26.3 Å². The second-order valence-corrected chi connectivity index (χ2v) is 12.6. The number of halogens is 8. The van der Waals surface area contributed by atoms with Gasteiger partial charge in [0.05, 0.1) is 4.90 Å². The first kappa shape index (κ1) is 32.9. The minimum absolute atomic E-state index is 0.0420. The van der Waals surface area contributed by atoms with Gasteiger partial charge in [0.1, 0.15) is 11.4 Å². The van der Waals surface area contributed by atoms with Gasteiger partial charge in [0.25, 0.3) is 5.91 Å². The van der Waals surface area contributed by atoms with E-state index >= 15 is 0 Å². The number of carbonyl (C=O) groups excluding carboxylic acids is 1. The Labute approximate surface area is 256 Å². The minimum Gasteiger partial charge on any atom is -0.330 e. The molecular weight excluding hydrogens is 648 g/mol. The molecule has 0 unspecified atom stereocenters. The third-order valence-corrected chi connectivity index (χ3v) is 8.38. The molecule has 0 saturated heterocycles. The maximum atomic E-state index is 13.8. The monoisotopic (exact) mass is 670 g/mol. The summed E-state index contributed by atoms with van der Waals surface area (Å²) in [5.74, 6) is -2.93. The molecule has 2 aliphatic heterocycles. The lowest BCUT2D eigenvalue weighted by Crippen LogP contribution is -2.26. The number of hydrogen-bond acceptors (Lipinski definition) is 6. The number of aromatic nitrogens is 2. The Morgan fingerprint density at radius 1 is 0.761 bits per heavy atom. The van der Waals surface area contributed by atoms with Crippen molar-refractivity contribution in [3.8, 4) is 11.1 Å². The predicted molar refractivity (Wildman–Crippen MR) is 148 cm³/mol. The van der Waals surface area contributed by atoms with Crippen LogP contribution in [0, 0.1) is 11.6 Å². The molecule has 1 amide bonds. The number of rotatable bonds is 3. The lowest BCUT2D eigenvalue weighted by molar-refractivity contribution is -0.142. The highest BCUT2D eigenvalue weighted by atomic mass is 32.2. The molecule has 4 aromatic rings. The molecule has 0 saturated carbocycles. The SMILES string of the molecule is CS(=O)(=O)c1ccc(-c2ccc(F)c(F)c2)c(C(=O)N2Cc3cnc(C(F)(F)F)cc3C2)c1.FC(F)(F)c1cc2c(cn1)CNC2. The molecule has 2 aromatic carbocycles. The Hall–Kier alpha value is -4.44. The lowest BCUT2D eigenvalue weighted by Gasteiger charge is -2.19. The molecule has 0 radical (unpaired) electrons. The Balaban J connectivity index is 0.000000266. The van der Waals surface area contributed by atoms with Crippen LogP contribution in [0.1, 0.15) is 44.0 Å². The van der Waals surface area contributed by atoms with Crippen molar-refractivity contribution in [2.45, 2.75) is 43.4 Å². The molecule has 16 heteroatoms. The molecule has 0 spiro atoms. The standard InChI is InChI=1S/C22H15F5N2O3S.C8H7F3N2/c1-33(31,32)15-3-4-16(12-2-5-18(23)19(24)6-12)17(8-15)21(30)29-10-13-7-20(22(25,26)27)28-9-14(13)11-29;9-8(10,11)7-1-5-2-12-3-6(5)4-13-7/h2-9H,10-11H2,1H3;1,4,12H,2-3H2. The summed E-state index contributed by atoms with van der Waals surface area (Å²) in [4.78, 5) is 21.2. The number of amides is 1.